The number of nitrogens with zero attached hydrogens (tertiary/aromatic N) is 1. The van der Waals surface area contributed by atoms with Crippen LogP contribution in [0.1, 0.15) is 54.6 Å². The fraction of sp³-hybridized carbons (Fsp3) is 0.448. The van der Waals surface area contributed by atoms with Gasteiger partial charge in [-0.1, -0.05) is 49.6 Å². The number of nitrogens with one attached hydrogen (secondary N) is 2. The van der Waals surface area contributed by atoms with Crippen molar-refractivity contribution < 1.29 is 9.59 Å². The smallest absolute Gasteiger partial charge is 0.261 e. The zero-order valence-corrected chi connectivity index (χ0v) is 22.1. The van der Waals surface area contributed by atoms with Gasteiger partial charge in [-0.15, -0.1) is 23.7 Å². The average Bonchev–Trinajstić information content (AvgIpc) is 3.35. The van der Waals surface area contributed by atoms with Crippen molar-refractivity contribution in [3.8, 4) is 11.1 Å². The second-order valence-corrected chi connectivity index (χ2v) is 11.5. The number of carbonyl (C=O) groups excluding carboxylic acids is 2. The molecule has 1 saturated carbocycles. The lowest BCUT2D eigenvalue weighted by Gasteiger charge is -2.44. The third-order valence-electron chi connectivity index (χ3n) is 8.16. The van der Waals surface area contributed by atoms with Gasteiger partial charge in [-0.2, -0.15) is 0 Å². The summed E-state index contributed by atoms with van der Waals surface area (Å²) in [5, 5.41) is 7.57. The molecule has 2 bridgehead atoms. The lowest BCUT2D eigenvalue weighted by molar-refractivity contribution is -0.120. The lowest BCUT2D eigenvalue weighted by atomic mass is 9.84. The van der Waals surface area contributed by atoms with E-state index < -0.39 is 0 Å². The minimum Gasteiger partial charge on any atom is -0.347 e. The Morgan fingerprint density at radius 1 is 0.917 bits per heavy atom. The van der Waals surface area contributed by atoms with Crippen LogP contribution >= 0.6 is 23.7 Å². The van der Waals surface area contributed by atoms with Crippen molar-refractivity contribution >= 4 is 51.3 Å². The first kappa shape index (κ1) is 25.2. The number of rotatable bonds is 5. The van der Waals surface area contributed by atoms with Crippen LogP contribution in [-0.2, 0) is 4.79 Å². The second-order valence-electron chi connectivity index (χ2n) is 10.5. The molecule has 2 amide bonds. The normalized spacial score (nSPS) is 23.7. The van der Waals surface area contributed by atoms with Crippen molar-refractivity contribution in [3.05, 3.63) is 53.4 Å². The number of hydrogen-bond acceptors (Lipinski definition) is 4. The molecule has 7 heteroatoms. The maximum atomic E-state index is 13.2. The monoisotopic (exact) mass is 523 g/mol. The Hall–Kier alpha value is -2.41. The van der Waals surface area contributed by atoms with E-state index in [0.29, 0.717) is 5.92 Å². The van der Waals surface area contributed by atoms with Crippen LogP contribution < -0.4 is 10.6 Å². The number of hydrogen-bond donors (Lipinski definition) is 2. The molecule has 0 spiro atoms. The van der Waals surface area contributed by atoms with Crippen LogP contribution in [-0.4, -0.2) is 42.4 Å². The number of fused-ring (bicyclic) bond motifs is 4. The van der Waals surface area contributed by atoms with Crippen LogP contribution in [0.3, 0.4) is 0 Å². The number of amides is 2. The van der Waals surface area contributed by atoms with Crippen LogP contribution in [0.25, 0.3) is 21.2 Å². The molecule has 3 aromatic rings. The highest BCUT2D eigenvalue weighted by Gasteiger charge is 2.35. The summed E-state index contributed by atoms with van der Waals surface area (Å²) < 4.78 is 1.11. The summed E-state index contributed by atoms with van der Waals surface area (Å²) >= 11 is 1.56. The predicted octanol–water partition coefficient (Wildman–Crippen LogP) is 6.33. The first-order valence-corrected chi connectivity index (χ1v) is 13.9. The van der Waals surface area contributed by atoms with Gasteiger partial charge in [-0.25, -0.2) is 0 Å². The summed E-state index contributed by atoms with van der Waals surface area (Å²) in [6.07, 6.45) is 7.89. The number of halogens is 1. The van der Waals surface area contributed by atoms with Crippen molar-refractivity contribution in [2.45, 2.75) is 51.0 Å². The quantitative estimate of drug-likeness (QED) is 0.410. The number of thiophene rings is 1. The molecular formula is C29H34ClN3O2S. The van der Waals surface area contributed by atoms with Crippen molar-refractivity contribution in [1.29, 1.82) is 0 Å². The van der Waals surface area contributed by atoms with E-state index in [0.717, 1.165) is 64.0 Å². The van der Waals surface area contributed by atoms with Gasteiger partial charge in [0.15, 0.2) is 0 Å². The number of carbonyl (C=O) groups is 2. The molecule has 3 aliphatic heterocycles. The summed E-state index contributed by atoms with van der Waals surface area (Å²) in [4.78, 5) is 29.2. The lowest BCUT2D eigenvalue weighted by Crippen LogP contribution is -2.57. The zero-order valence-electron chi connectivity index (χ0n) is 20.5. The van der Waals surface area contributed by atoms with Gasteiger partial charge in [0.25, 0.3) is 5.91 Å². The molecule has 2 aromatic carbocycles. The minimum absolute atomic E-state index is 0. The van der Waals surface area contributed by atoms with Crippen LogP contribution in [0.15, 0.2) is 48.5 Å². The first-order chi connectivity index (χ1) is 17.1. The third-order valence-corrected chi connectivity index (χ3v) is 9.34. The Morgan fingerprint density at radius 3 is 2.44 bits per heavy atom. The molecule has 1 aliphatic carbocycles. The van der Waals surface area contributed by atoms with Crippen molar-refractivity contribution in [2.24, 2.45) is 11.8 Å². The van der Waals surface area contributed by atoms with E-state index in [9.17, 15) is 9.59 Å². The summed E-state index contributed by atoms with van der Waals surface area (Å²) in [6.45, 7) is 3.32. The predicted molar refractivity (Wildman–Crippen MR) is 150 cm³/mol. The summed E-state index contributed by atoms with van der Waals surface area (Å²) in [5.74, 6) is 0.929. The average molecular weight is 524 g/mol. The number of anilines is 1. The third kappa shape index (κ3) is 5.17. The Labute approximate surface area is 223 Å². The molecule has 5 nitrogen and oxygen atoms in total. The highest BCUT2D eigenvalue weighted by molar-refractivity contribution is 7.21. The molecular weight excluding hydrogens is 490 g/mol. The molecule has 0 radical (unpaired) electrons. The fourth-order valence-corrected chi connectivity index (χ4v) is 7.24. The van der Waals surface area contributed by atoms with E-state index in [2.05, 4.69) is 39.8 Å². The molecule has 1 aromatic heterocycles. The molecule has 4 fully saturated rings. The maximum Gasteiger partial charge on any atom is 0.261 e. The fourth-order valence-electron chi connectivity index (χ4n) is 6.14. The standard InChI is InChI=1S/C29H33N3O2S.ClH/c33-28(20-6-2-1-3-7-20)30-23-10-4-8-21(16-23)24-11-5-9-22-17-26(35-27(22)24)29(34)31-25-18-32-14-12-19(25)13-15-32;/h4-5,8-11,16-17,19-20,25H,1-3,6-7,12-15,18H2,(H,30,33)(H,31,34);1H/t25-;/m0./s1. The Kier molecular flexibility index (Phi) is 7.65. The molecule has 0 unspecified atom stereocenters. The van der Waals surface area contributed by atoms with E-state index in [1.807, 2.05) is 24.3 Å². The molecule has 4 aliphatic rings. The van der Waals surface area contributed by atoms with Gasteiger partial charge >= 0.3 is 0 Å². The van der Waals surface area contributed by atoms with E-state index in [4.69, 9.17) is 0 Å². The van der Waals surface area contributed by atoms with E-state index in [-0.39, 0.29) is 36.2 Å². The summed E-state index contributed by atoms with van der Waals surface area (Å²) in [5.41, 5.74) is 3.00. The van der Waals surface area contributed by atoms with Crippen molar-refractivity contribution in [1.82, 2.24) is 10.2 Å². The first-order valence-electron chi connectivity index (χ1n) is 13.1. The van der Waals surface area contributed by atoms with E-state index >= 15 is 0 Å². The molecule has 36 heavy (non-hydrogen) atoms. The Morgan fingerprint density at radius 2 is 1.69 bits per heavy atom. The second kappa shape index (κ2) is 10.9. The van der Waals surface area contributed by atoms with Crippen LogP contribution in [0.2, 0.25) is 0 Å². The molecule has 3 saturated heterocycles. The molecule has 190 valence electrons. The molecule has 1 atom stereocenters. The topological polar surface area (TPSA) is 61.4 Å². The summed E-state index contributed by atoms with van der Waals surface area (Å²) in [7, 11) is 0. The molecule has 7 rings (SSSR count). The van der Waals surface area contributed by atoms with Crippen molar-refractivity contribution in [3.63, 3.8) is 0 Å². The van der Waals surface area contributed by atoms with Crippen molar-refractivity contribution in [2.75, 3.05) is 25.0 Å². The van der Waals surface area contributed by atoms with Gasteiger partial charge < -0.3 is 15.5 Å². The Balaban J connectivity index is 0.00000267. The van der Waals surface area contributed by atoms with Gasteiger partial charge in [0.2, 0.25) is 5.91 Å². The molecule has 4 heterocycles. The van der Waals surface area contributed by atoms with Gasteiger partial charge in [0.05, 0.1) is 4.88 Å². The van der Waals surface area contributed by atoms with Gasteiger partial charge in [-0.05, 0) is 79.4 Å². The number of piperidine rings is 3. The van der Waals surface area contributed by atoms with Gasteiger partial charge in [0.1, 0.15) is 0 Å². The van der Waals surface area contributed by atoms with Crippen LogP contribution in [0, 0.1) is 11.8 Å². The van der Waals surface area contributed by atoms with Crippen LogP contribution in [0.5, 0.6) is 0 Å². The minimum atomic E-state index is 0. The largest absolute Gasteiger partial charge is 0.347 e. The SMILES string of the molecule is Cl.O=C(N[C@H]1CN2CCC1CC2)c1cc2cccc(-c3cccc(NC(=O)C4CCCCC4)c3)c2s1. The highest BCUT2D eigenvalue weighted by atomic mass is 35.5. The zero-order chi connectivity index (χ0) is 23.8. The number of benzene rings is 2. The molecule has 2 N–H and O–H groups in total. The van der Waals surface area contributed by atoms with Gasteiger partial charge in [-0.3, -0.25) is 9.59 Å². The van der Waals surface area contributed by atoms with Gasteiger partial charge in [0, 0.05) is 28.9 Å². The van der Waals surface area contributed by atoms with E-state index in [1.54, 1.807) is 11.3 Å². The van der Waals surface area contributed by atoms with E-state index in [1.165, 1.54) is 32.4 Å². The Bertz CT molecular complexity index is 1240. The van der Waals surface area contributed by atoms with Crippen LogP contribution in [0.4, 0.5) is 5.69 Å². The highest BCUT2D eigenvalue weighted by Crippen LogP contribution is 2.36. The summed E-state index contributed by atoms with van der Waals surface area (Å²) in [6, 6.07) is 16.6. The maximum absolute atomic E-state index is 13.2.